The number of Topliss-reactive ketones (excluding diaryl/α,β-unsaturated/α-hetero) is 1. The molecule has 1 rings (SSSR count). The van der Waals surface area contributed by atoms with Crippen LogP contribution in [0.1, 0.15) is 39.5 Å². The van der Waals surface area contributed by atoms with E-state index in [2.05, 4.69) is 5.10 Å². The Balaban J connectivity index is 2.54. The second-order valence-corrected chi connectivity index (χ2v) is 3.47. The average Bonchev–Trinajstić information content (AvgIpc) is 2.15. The summed E-state index contributed by atoms with van der Waals surface area (Å²) in [6.45, 7) is 5.59. The minimum absolute atomic E-state index is 0.105. The van der Waals surface area contributed by atoms with Crippen LogP contribution >= 0.6 is 0 Å². The lowest BCUT2D eigenvalue weighted by Crippen LogP contribution is -2.27. The summed E-state index contributed by atoms with van der Waals surface area (Å²) in [6.07, 6.45) is 4.45. The number of hydrogen-bond donors (Lipinski definition) is 0. The molecule has 0 spiro atoms. The summed E-state index contributed by atoms with van der Waals surface area (Å²) in [4.78, 5) is 11.1. The van der Waals surface area contributed by atoms with Gasteiger partial charge in [-0.3, -0.25) is 9.80 Å². The van der Waals surface area contributed by atoms with Crippen LogP contribution in [0.3, 0.4) is 0 Å². The van der Waals surface area contributed by atoms with Crippen LogP contribution in [0.2, 0.25) is 0 Å². The lowest BCUT2D eigenvalue weighted by Gasteiger charge is -2.24. The van der Waals surface area contributed by atoms with E-state index >= 15 is 0 Å². The predicted molar refractivity (Wildman–Crippen MR) is 53.8 cm³/mol. The highest BCUT2D eigenvalue weighted by Gasteiger charge is 2.10. The van der Waals surface area contributed by atoms with Gasteiger partial charge >= 0.3 is 0 Å². The minimum atomic E-state index is 0.105. The molecule has 1 fully saturated rings. The van der Waals surface area contributed by atoms with Crippen molar-refractivity contribution in [2.45, 2.75) is 39.5 Å². The Hall–Kier alpha value is -0.860. The zero-order chi connectivity index (χ0) is 9.68. The van der Waals surface area contributed by atoms with Crippen LogP contribution in [0.4, 0.5) is 0 Å². The van der Waals surface area contributed by atoms with Crippen molar-refractivity contribution in [1.82, 2.24) is 5.01 Å². The third-order valence-electron chi connectivity index (χ3n) is 2.34. The van der Waals surface area contributed by atoms with E-state index in [0.717, 1.165) is 19.5 Å². The van der Waals surface area contributed by atoms with Crippen molar-refractivity contribution >= 4 is 11.5 Å². The molecule has 1 heterocycles. The van der Waals surface area contributed by atoms with E-state index in [-0.39, 0.29) is 5.78 Å². The highest BCUT2D eigenvalue weighted by Crippen LogP contribution is 2.09. The van der Waals surface area contributed by atoms with E-state index in [4.69, 9.17) is 0 Å². The number of hydrogen-bond acceptors (Lipinski definition) is 3. The first-order valence-electron chi connectivity index (χ1n) is 5.07. The molecule has 1 saturated heterocycles. The van der Waals surface area contributed by atoms with Crippen molar-refractivity contribution in [2.24, 2.45) is 5.10 Å². The number of hydrazone groups is 1. The van der Waals surface area contributed by atoms with Crippen molar-refractivity contribution in [1.29, 1.82) is 0 Å². The van der Waals surface area contributed by atoms with Gasteiger partial charge in [0.05, 0.1) is 0 Å². The molecule has 0 unspecified atom stereocenters. The first-order valence-corrected chi connectivity index (χ1v) is 5.07. The van der Waals surface area contributed by atoms with E-state index in [1.807, 2.05) is 11.9 Å². The molecule has 0 aliphatic carbocycles. The van der Waals surface area contributed by atoms with Crippen LogP contribution in [0, 0.1) is 0 Å². The van der Waals surface area contributed by atoms with Crippen molar-refractivity contribution in [3.63, 3.8) is 0 Å². The highest BCUT2D eigenvalue weighted by atomic mass is 16.1. The molecule has 13 heavy (non-hydrogen) atoms. The van der Waals surface area contributed by atoms with E-state index in [1.54, 1.807) is 6.92 Å². The molecule has 0 N–H and O–H groups in total. The van der Waals surface area contributed by atoms with Crippen LogP contribution < -0.4 is 0 Å². The monoisotopic (exact) mass is 182 g/mol. The third kappa shape index (κ3) is 3.17. The molecule has 0 atom stereocenters. The number of carbonyl (C=O) groups is 1. The number of nitrogens with zero attached hydrogens (tertiary/aromatic N) is 2. The zero-order valence-corrected chi connectivity index (χ0v) is 8.55. The molecule has 0 saturated carbocycles. The van der Waals surface area contributed by atoms with Crippen molar-refractivity contribution in [3.05, 3.63) is 0 Å². The maximum atomic E-state index is 11.1. The molecule has 0 amide bonds. The normalized spacial score (nSPS) is 18.9. The van der Waals surface area contributed by atoms with Gasteiger partial charge in [0.25, 0.3) is 0 Å². The number of piperidine rings is 1. The van der Waals surface area contributed by atoms with E-state index < -0.39 is 0 Å². The van der Waals surface area contributed by atoms with Gasteiger partial charge in [-0.15, -0.1) is 0 Å². The number of rotatable bonds is 3. The molecule has 0 bridgehead atoms. The summed E-state index contributed by atoms with van der Waals surface area (Å²) in [5.74, 6) is 0.105. The topological polar surface area (TPSA) is 32.7 Å². The first-order chi connectivity index (χ1) is 6.24. The maximum absolute atomic E-state index is 11.1. The summed E-state index contributed by atoms with van der Waals surface area (Å²) < 4.78 is 0. The van der Waals surface area contributed by atoms with Gasteiger partial charge in [0.1, 0.15) is 5.71 Å². The van der Waals surface area contributed by atoms with Crippen LogP contribution in [0.15, 0.2) is 5.10 Å². The Morgan fingerprint density at radius 3 is 2.38 bits per heavy atom. The average molecular weight is 182 g/mol. The lowest BCUT2D eigenvalue weighted by atomic mass is 10.2. The largest absolute Gasteiger partial charge is 0.297 e. The molecular weight excluding hydrogens is 164 g/mol. The predicted octanol–water partition coefficient (Wildman–Crippen LogP) is 1.83. The molecule has 0 aromatic carbocycles. The molecule has 3 nitrogen and oxygen atoms in total. The van der Waals surface area contributed by atoms with Gasteiger partial charge in [-0.25, -0.2) is 0 Å². The Morgan fingerprint density at radius 2 is 1.92 bits per heavy atom. The molecule has 1 aliphatic heterocycles. The van der Waals surface area contributed by atoms with E-state index in [9.17, 15) is 4.79 Å². The molecule has 1 aliphatic rings. The second-order valence-electron chi connectivity index (χ2n) is 3.47. The van der Waals surface area contributed by atoms with Gasteiger partial charge < -0.3 is 0 Å². The Kier molecular flexibility index (Phi) is 3.93. The van der Waals surface area contributed by atoms with Crippen molar-refractivity contribution in [3.8, 4) is 0 Å². The van der Waals surface area contributed by atoms with Crippen molar-refractivity contribution in [2.75, 3.05) is 13.1 Å². The maximum Gasteiger partial charge on any atom is 0.175 e. The van der Waals surface area contributed by atoms with Gasteiger partial charge in [-0.05, 0) is 25.7 Å². The van der Waals surface area contributed by atoms with Gasteiger partial charge in [0.2, 0.25) is 0 Å². The minimum Gasteiger partial charge on any atom is -0.297 e. The van der Waals surface area contributed by atoms with Crippen LogP contribution in [0.5, 0.6) is 0 Å². The Bertz CT molecular complexity index is 205. The van der Waals surface area contributed by atoms with Gasteiger partial charge in [0.15, 0.2) is 5.78 Å². The summed E-state index contributed by atoms with van der Waals surface area (Å²) >= 11 is 0. The molecule has 0 radical (unpaired) electrons. The molecular formula is C10H18N2O. The van der Waals surface area contributed by atoms with Gasteiger partial charge in [-0.2, -0.15) is 5.10 Å². The summed E-state index contributed by atoms with van der Waals surface area (Å²) in [5, 5.41) is 6.39. The SMILES string of the molecule is CCC(=NN1CCCCC1)C(C)=O. The number of carbonyl (C=O) groups excluding carboxylic acids is 1. The zero-order valence-electron chi connectivity index (χ0n) is 8.55. The first kappa shape index (κ1) is 10.2. The van der Waals surface area contributed by atoms with Crippen LogP contribution in [-0.2, 0) is 4.79 Å². The van der Waals surface area contributed by atoms with Gasteiger partial charge in [0, 0.05) is 20.0 Å². The molecule has 0 aromatic rings. The quantitative estimate of drug-likeness (QED) is 0.624. The molecule has 0 aromatic heterocycles. The lowest BCUT2D eigenvalue weighted by molar-refractivity contribution is -0.111. The van der Waals surface area contributed by atoms with Crippen LogP contribution in [0.25, 0.3) is 0 Å². The number of ketones is 1. The molecule has 3 heteroatoms. The summed E-state index contributed by atoms with van der Waals surface area (Å²) in [5.41, 5.74) is 0.710. The Morgan fingerprint density at radius 1 is 1.31 bits per heavy atom. The second kappa shape index (κ2) is 5.00. The smallest absolute Gasteiger partial charge is 0.175 e. The fraction of sp³-hybridized carbons (Fsp3) is 0.800. The fourth-order valence-corrected chi connectivity index (χ4v) is 1.54. The summed E-state index contributed by atoms with van der Waals surface area (Å²) in [7, 11) is 0. The third-order valence-corrected chi connectivity index (χ3v) is 2.34. The summed E-state index contributed by atoms with van der Waals surface area (Å²) in [6, 6.07) is 0. The van der Waals surface area contributed by atoms with E-state index in [0.29, 0.717) is 5.71 Å². The highest BCUT2D eigenvalue weighted by molar-refractivity contribution is 6.38. The van der Waals surface area contributed by atoms with Crippen molar-refractivity contribution < 1.29 is 4.79 Å². The standard InChI is InChI=1S/C10H18N2O/c1-3-10(9(2)13)11-12-7-5-4-6-8-12/h3-8H2,1-2H3. The van der Waals surface area contributed by atoms with Gasteiger partial charge in [-0.1, -0.05) is 6.92 Å². The fourth-order valence-electron chi connectivity index (χ4n) is 1.54. The Labute approximate surface area is 79.8 Å². The van der Waals surface area contributed by atoms with E-state index in [1.165, 1.54) is 19.3 Å². The van der Waals surface area contributed by atoms with Crippen LogP contribution in [-0.4, -0.2) is 29.6 Å². The molecule has 74 valence electrons.